The van der Waals surface area contributed by atoms with Crippen molar-refractivity contribution in [2.75, 3.05) is 47.5 Å². The predicted octanol–water partition coefficient (Wildman–Crippen LogP) is 19.4. The van der Waals surface area contributed by atoms with Gasteiger partial charge in [-0.2, -0.15) is 65.9 Å². The zero-order valence-corrected chi connectivity index (χ0v) is 68.6. The van der Waals surface area contributed by atoms with Gasteiger partial charge in [-0.3, -0.25) is 33.4 Å². The summed E-state index contributed by atoms with van der Waals surface area (Å²) in [6, 6.07) is 20.9. The van der Waals surface area contributed by atoms with E-state index in [0.717, 1.165) is 65.9 Å². The summed E-state index contributed by atoms with van der Waals surface area (Å²) in [7, 11) is 8.38. The Hall–Kier alpha value is -10.8. The number of benzene rings is 6. The number of hydrogen-bond donors (Lipinski definition) is 5. The van der Waals surface area contributed by atoms with Crippen LogP contribution in [0.3, 0.4) is 0 Å². The Bertz CT molecular complexity index is 5720. The van der Waals surface area contributed by atoms with Crippen LogP contribution >= 0.6 is 62.8 Å². The summed E-state index contributed by atoms with van der Waals surface area (Å²) in [5.41, 5.74) is 1.25. The van der Waals surface area contributed by atoms with E-state index in [4.69, 9.17) is 28.4 Å². The molecule has 0 saturated carbocycles. The van der Waals surface area contributed by atoms with Crippen molar-refractivity contribution >= 4 is 70.4 Å². The number of likely N-dealkylation sites (tertiary alicyclic amines) is 1. The van der Waals surface area contributed by atoms with Gasteiger partial charge in [0.25, 0.3) is 0 Å². The van der Waals surface area contributed by atoms with Crippen molar-refractivity contribution in [2.24, 2.45) is 16.1 Å². The number of nitrogens with zero attached hydrogens (tertiary/aromatic N) is 8. The molecule has 123 heavy (non-hydrogen) atoms. The Balaban J connectivity index is 0.000000181. The number of ether oxygens (including phenoxy) is 6. The second kappa shape index (κ2) is 41.1. The molecule has 48 heteroatoms. The van der Waals surface area contributed by atoms with E-state index < -0.39 is 94.1 Å². The first-order chi connectivity index (χ1) is 58.2. The molecule has 655 valence electrons. The summed E-state index contributed by atoms with van der Waals surface area (Å²) in [4.78, 5) is 57.7. The van der Waals surface area contributed by atoms with Crippen molar-refractivity contribution in [1.29, 1.82) is 0 Å². The van der Waals surface area contributed by atoms with Gasteiger partial charge >= 0.3 is 72.9 Å². The van der Waals surface area contributed by atoms with Crippen LogP contribution < -0.4 is 51.0 Å². The second-order valence-electron chi connectivity index (χ2n) is 26.1. The van der Waals surface area contributed by atoms with Crippen molar-refractivity contribution < 1.29 is 121 Å². The summed E-state index contributed by atoms with van der Waals surface area (Å²) in [5.74, 6) is -7.15. The van der Waals surface area contributed by atoms with Crippen LogP contribution in [0.25, 0.3) is 65.9 Å². The number of aryl methyl sites for hydroxylation is 1. The molecule has 0 spiro atoms. The van der Waals surface area contributed by atoms with Crippen LogP contribution in [0, 0.1) is 36.2 Å². The molecule has 2 saturated heterocycles. The van der Waals surface area contributed by atoms with Gasteiger partial charge in [-0.25, -0.2) is 42.5 Å². The molecule has 4 N–H and O–H groups in total. The van der Waals surface area contributed by atoms with Gasteiger partial charge in [0.1, 0.15) is 52.1 Å². The van der Waals surface area contributed by atoms with E-state index in [1.165, 1.54) is 98.6 Å². The van der Waals surface area contributed by atoms with Gasteiger partial charge in [0.15, 0.2) is 52.2 Å². The van der Waals surface area contributed by atoms with Crippen LogP contribution in [0.15, 0.2) is 141 Å². The first-order valence-corrected chi connectivity index (χ1v) is 39.5. The molecule has 1 radical (unpaired) electrons. The van der Waals surface area contributed by atoms with Crippen molar-refractivity contribution in [2.45, 2.75) is 95.2 Å². The van der Waals surface area contributed by atoms with E-state index in [1.54, 1.807) is 6.92 Å². The number of thiol groups is 1. The molecule has 14 rings (SSSR count). The van der Waals surface area contributed by atoms with Gasteiger partial charge in [-0.15, -0.1) is 34.0 Å². The van der Waals surface area contributed by atoms with E-state index in [0.29, 0.717) is 81.8 Å². The summed E-state index contributed by atoms with van der Waals surface area (Å²) in [6.45, 7) is 2.99. The summed E-state index contributed by atoms with van der Waals surface area (Å²) < 4.78 is 284. The molecule has 0 unspecified atom stereocenters. The quantitative estimate of drug-likeness (QED) is 0.0193. The zero-order chi connectivity index (χ0) is 89.5. The van der Waals surface area contributed by atoms with E-state index in [9.17, 15) is 89.0 Å². The maximum absolute atomic E-state index is 15.0. The molecule has 6 aromatic heterocycles. The van der Waals surface area contributed by atoms with E-state index in [-0.39, 0.29) is 134 Å². The van der Waals surface area contributed by atoms with Crippen LogP contribution in [0.5, 0.6) is 34.5 Å². The number of alkyl halides is 16. The number of hydrogen-bond acceptors (Lipinski definition) is 25. The average molecular weight is 1890 g/mol. The van der Waals surface area contributed by atoms with Crippen LogP contribution in [0.1, 0.15) is 74.1 Å². The molecule has 0 bridgehead atoms. The van der Waals surface area contributed by atoms with Crippen molar-refractivity contribution in [3.05, 3.63) is 207 Å². The van der Waals surface area contributed by atoms with Crippen LogP contribution in [-0.4, -0.2) is 118 Å². The third-order valence-corrected chi connectivity index (χ3v) is 22.1. The Morgan fingerprint density at radius 2 is 0.789 bits per heavy atom. The third-order valence-electron chi connectivity index (χ3n) is 18.1. The molecule has 24 nitrogen and oxygen atoms in total. The fourth-order valence-electron chi connectivity index (χ4n) is 11.8. The van der Waals surface area contributed by atoms with Crippen molar-refractivity contribution in [3.8, 4) is 100 Å². The number of piperidine rings is 2. The Kier molecular flexibility index (Phi) is 31.6. The van der Waals surface area contributed by atoms with Gasteiger partial charge < -0.3 is 33.7 Å². The monoisotopic (exact) mass is 1880 g/mol. The van der Waals surface area contributed by atoms with Crippen LogP contribution in [0.4, 0.5) is 79.0 Å². The maximum atomic E-state index is 15.0. The first kappa shape index (κ1) is 94.4. The molecule has 6 aromatic carbocycles. The molecule has 2 fully saturated rings. The summed E-state index contributed by atoms with van der Waals surface area (Å²) in [6.07, 6.45) is -21.3. The number of methoxy groups -OCH3 is 3. The Morgan fingerprint density at radius 3 is 1.09 bits per heavy atom. The van der Waals surface area contributed by atoms with E-state index in [1.807, 2.05) is 4.90 Å². The zero-order valence-electron chi connectivity index (χ0n) is 63.6. The number of halogens is 19. The fraction of sp³-hybridized carbons (Fsp3) is 0.320. The minimum atomic E-state index is -4.52. The van der Waals surface area contributed by atoms with E-state index >= 15 is 4.39 Å². The number of nitrogens with one attached hydrogen (secondary N) is 4. The summed E-state index contributed by atoms with van der Waals surface area (Å²) >= 11 is 10.1. The van der Waals surface area contributed by atoms with Crippen molar-refractivity contribution in [1.82, 2.24) is 55.6 Å². The third kappa shape index (κ3) is 25.2. The van der Waals surface area contributed by atoms with Gasteiger partial charge in [0.2, 0.25) is 0 Å². The molecule has 2 aliphatic rings. The first-order valence-electron chi connectivity index (χ1n) is 35.5. The van der Waals surface area contributed by atoms with Crippen LogP contribution in [0.2, 0.25) is 0 Å². The average Bonchev–Trinajstić information content (AvgIpc) is 1.79. The minimum absolute atomic E-state index is 0.00165. The van der Waals surface area contributed by atoms with E-state index in [2.05, 4.69) is 105 Å². The standard InChI is InChI=1S/C27H23F7N4O4S.C21H14BrF4N3O4S.C21H15F4N3O4S.C6H10F3N.BHNS/c1-40-20-11-21(18(28)10-17(20)23-36-25(39)42-37-23)41-13-22-19(12-38-8-6-16(7-9-38)27(32,33)34)35-24(43-22)14-2-4-15(5-3-14)26(29,30)31;1-31-15-7-16(13(23)6-12(15)18-28-20(30)33-29-18)32-9-17-14(8-22)27-19(34-17)10-2-4-11(5-3-10)21(24,25)26;1-10-17(33-19(26-10)11-3-5-12(6-4-11)21(23,24)25)9-31-16-8-15(30-2)13(7-14(16)22)18-27-20(29)32-28-18;7-6(8,9)5-1-3-10-4-2-5;1-2-3/h2-5,10-11,16H,6-9,12-13H2,1H3,(H,36,37,39);2-7H,8-9H2,1H3,(H,28,29,30);3-8H,9H2,1-2H3,(H,27,28,29);5,10H,1-4H2;3H. The van der Waals surface area contributed by atoms with Gasteiger partial charge in [0, 0.05) is 46.8 Å². The van der Waals surface area contributed by atoms with Crippen molar-refractivity contribution in [3.63, 3.8) is 0 Å². The Morgan fingerprint density at radius 1 is 0.480 bits per heavy atom. The molecular weight excluding hydrogens is 1820 g/mol. The molecule has 8 heterocycles. The molecule has 0 amide bonds. The SMILES string of the molecule is COc1cc(OCc2sc(-c3ccc(C(F)(F)F)cc3)nc2C)c(F)cc1-c1noc(=O)[nH]1.COc1cc(OCc2sc(-c3ccc(C(F)(F)F)cc3)nc2CBr)c(F)cc1-c1noc(=O)[nH]1.COc1cc(OCc2sc(-c3ccc(C(F)(F)F)cc3)nc2CN2CCC(C(F)(F)F)CC2)c(F)cc1-c1noc(=O)[nH]1.FC(F)(F)C1CCNCC1.[B]=NS. The van der Waals surface area contributed by atoms with Gasteiger partial charge in [-0.1, -0.05) is 67.8 Å². The molecular formula is C75H63BBrF18N12O12S4. The topological polar surface area (TPSA) is 298 Å². The van der Waals surface area contributed by atoms with Gasteiger partial charge in [0.05, 0.1) is 98.3 Å². The number of aromatic nitrogens is 9. The number of rotatable bonds is 21. The predicted molar refractivity (Wildman–Crippen MR) is 418 cm³/mol. The molecule has 2 aliphatic heterocycles. The Labute approximate surface area is 709 Å². The normalized spacial score (nSPS) is 13.6. The van der Waals surface area contributed by atoms with Crippen LogP contribution in [-0.2, 0) is 50.2 Å². The number of thiazole rings is 3. The summed E-state index contributed by atoms with van der Waals surface area (Å²) in [5, 5.41) is 15.2. The number of aromatic amines is 3. The van der Waals surface area contributed by atoms with Gasteiger partial charge in [-0.05, 0) is 113 Å². The fourth-order valence-corrected chi connectivity index (χ4v) is 15.4. The number of H-pyrrole nitrogens is 3. The molecule has 0 atom stereocenters. The second-order valence-corrected chi connectivity index (χ2v) is 30.1. The molecule has 12 aromatic rings. The molecule has 0 aliphatic carbocycles.